The molecule has 5 rings (SSSR count). The predicted octanol–water partition coefficient (Wildman–Crippen LogP) is 6.61. The Bertz CT molecular complexity index is 876. The fourth-order valence-corrected chi connectivity index (χ4v) is 11.2. The number of aliphatic hydroxyl groups excluding tert-OH is 1. The Balaban J connectivity index is 1.58. The SMILES string of the molecule is C[C@H]1C(=O)CCC2[C@]3(C)CCC4(CO)[C@@H]5CC(C)(C)C(=O)C[C@]5(C)CC[C@]4(C)C3CC[C@@]21C. The van der Waals surface area contributed by atoms with E-state index in [1.165, 1.54) is 6.42 Å². The standard InChI is InChI=1S/C30H48O3/c1-19-20(32)8-9-21-27(19,5)11-10-22-28(21,6)13-15-30(18-31)23-16-25(2,3)24(33)17-26(23,4)12-14-29(22,30)7/h19,21-23,31H,8-18H2,1-7H3/t19-,21?,22?,23+,26-,27+,28-,29+,30?/m0/s1. The van der Waals surface area contributed by atoms with Crippen LogP contribution in [0.2, 0.25) is 0 Å². The molecular weight excluding hydrogens is 408 g/mol. The molecule has 0 radical (unpaired) electrons. The van der Waals surface area contributed by atoms with E-state index >= 15 is 0 Å². The van der Waals surface area contributed by atoms with Crippen molar-refractivity contribution in [1.29, 1.82) is 0 Å². The number of hydrogen-bond acceptors (Lipinski definition) is 3. The van der Waals surface area contributed by atoms with E-state index in [0.29, 0.717) is 35.7 Å². The van der Waals surface area contributed by atoms with Gasteiger partial charge in [0.15, 0.2) is 0 Å². The van der Waals surface area contributed by atoms with Gasteiger partial charge in [0.1, 0.15) is 11.6 Å². The first-order chi connectivity index (χ1) is 15.2. The van der Waals surface area contributed by atoms with Crippen LogP contribution < -0.4 is 0 Å². The molecule has 9 atom stereocenters. The predicted molar refractivity (Wildman–Crippen MR) is 132 cm³/mol. The minimum Gasteiger partial charge on any atom is -0.396 e. The van der Waals surface area contributed by atoms with Crippen LogP contribution in [0.5, 0.6) is 0 Å². The van der Waals surface area contributed by atoms with Crippen LogP contribution in [0.3, 0.4) is 0 Å². The van der Waals surface area contributed by atoms with Crippen molar-refractivity contribution >= 4 is 11.6 Å². The summed E-state index contributed by atoms with van der Waals surface area (Å²) >= 11 is 0. The zero-order chi connectivity index (χ0) is 24.2. The summed E-state index contributed by atoms with van der Waals surface area (Å²) in [5.41, 5.74) is 0.113. The zero-order valence-electron chi connectivity index (χ0n) is 22.4. The number of aliphatic hydroxyl groups is 1. The van der Waals surface area contributed by atoms with Crippen molar-refractivity contribution in [2.24, 2.45) is 56.2 Å². The lowest BCUT2D eigenvalue weighted by Crippen LogP contribution is -2.70. The summed E-state index contributed by atoms with van der Waals surface area (Å²) in [7, 11) is 0. The molecule has 0 aromatic heterocycles. The molecule has 1 N–H and O–H groups in total. The molecule has 186 valence electrons. The Morgan fingerprint density at radius 3 is 2.18 bits per heavy atom. The first-order valence-corrected chi connectivity index (χ1v) is 13.9. The van der Waals surface area contributed by atoms with Crippen LogP contribution in [-0.2, 0) is 9.59 Å². The van der Waals surface area contributed by atoms with Gasteiger partial charge in [-0.1, -0.05) is 48.5 Å². The highest BCUT2D eigenvalue weighted by Crippen LogP contribution is 2.78. The molecule has 5 aliphatic carbocycles. The second-order valence-electron chi connectivity index (χ2n) is 15.0. The third-order valence-electron chi connectivity index (χ3n) is 13.6. The van der Waals surface area contributed by atoms with Gasteiger partial charge in [0.05, 0.1) is 0 Å². The van der Waals surface area contributed by atoms with E-state index in [9.17, 15) is 14.7 Å². The average molecular weight is 457 g/mol. The van der Waals surface area contributed by atoms with E-state index < -0.39 is 0 Å². The van der Waals surface area contributed by atoms with Gasteiger partial charge in [-0.05, 0) is 90.8 Å². The largest absolute Gasteiger partial charge is 0.396 e. The lowest BCUT2D eigenvalue weighted by molar-refractivity contribution is -0.269. The molecular formula is C30H48O3. The van der Waals surface area contributed by atoms with Crippen LogP contribution >= 0.6 is 0 Å². The third kappa shape index (κ3) is 2.78. The van der Waals surface area contributed by atoms with Gasteiger partial charge in [0, 0.05) is 36.2 Å². The number of carbonyl (C=O) groups excluding carboxylic acids is 2. The maximum Gasteiger partial charge on any atom is 0.139 e. The Morgan fingerprint density at radius 1 is 0.818 bits per heavy atom. The highest BCUT2D eigenvalue weighted by molar-refractivity contribution is 5.85. The molecule has 3 unspecified atom stereocenters. The number of rotatable bonds is 1. The Morgan fingerprint density at radius 2 is 1.52 bits per heavy atom. The first-order valence-electron chi connectivity index (χ1n) is 13.9. The molecule has 0 aromatic carbocycles. The molecule has 0 aromatic rings. The number of hydrogen-bond donors (Lipinski definition) is 1. The maximum atomic E-state index is 13.0. The second-order valence-corrected chi connectivity index (χ2v) is 15.0. The Labute approximate surface area is 201 Å². The van der Waals surface area contributed by atoms with Gasteiger partial charge < -0.3 is 5.11 Å². The van der Waals surface area contributed by atoms with Gasteiger partial charge in [0.25, 0.3) is 0 Å². The van der Waals surface area contributed by atoms with E-state index in [1.807, 2.05) is 0 Å². The molecule has 5 saturated carbocycles. The van der Waals surface area contributed by atoms with Crippen molar-refractivity contribution in [3.05, 3.63) is 0 Å². The molecule has 5 aliphatic rings. The fraction of sp³-hybridized carbons (Fsp3) is 0.933. The van der Waals surface area contributed by atoms with Crippen molar-refractivity contribution in [2.75, 3.05) is 6.61 Å². The van der Waals surface area contributed by atoms with Crippen molar-refractivity contribution in [3.8, 4) is 0 Å². The van der Waals surface area contributed by atoms with Crippen LogP contribution in [0, 0.1) is 56.2 Å². The molecule has 33 heavy (non-hydrogen) atoms. The smallest absolute Gasteiger partial charge is 0.139 e. The van der Waals surface area contributed by atoms with Crippen molar-refractivity contribution in [1.82, 2.24) is 0 Å². The topological polar surface area (TPSA) is 54.4 Å². The van der Waals surface area contributed by atoms with Crippen LogP contribution in [-0.4, -0.2) is 23.3 Å². The molecule has 5 fully saturated rings. The number of carbonyl (C=O) groups is 2. The summed E-state index contributed by atoms with van der Waals surface area (Å²) < 4.78 is 0. The quantitative estimate of drug-likeness (QED) is 0.483. The van der Waals surface area contributed by atoms with Crippen LogP contribution in [0.25, 0.3) is 0 Å². The molecule has 3 heteroatoms. The lowest BCUT2D eigenvalue weighted by Gasteiger charge is -2.74. The molecule has 0 amide bonds. The first kappa shape index (κ1) is 24.0. The fourth-order valence-electron chi connectivity index (χ4n) is 11.2. The number of Topliss-reactive ketones (excluding diaryl/α,β-unsaturated/α-hetero) is 2. The molecule has 0 spiro atoms. The third-order valence-corrected chi connectivity index (χ3v) is 13.6. The highest BCUT2D eigenvalue weighted by Gasteiger charge is 2.72. The molecule has 0 bridgehead atoms. The van der Waals surface area contributed by atoms with Crippen molar-refractivity contribution in [3.63, 3.8) is 0 Å². The lowest BCUT2D eigenvalue weighted by atomic mass is 9.30. The van der Waals surface area contributed by atoms with Gasteiger partial charge in [0.2, 0.25) is 0 Å². The van der Waals surface area contributed by atoms with E-state index in [1.54, 1.807) is 0 Å². The zero-order valence-corrected chi connectivity index (χ0v) is 22.4. The van der Waals surface area contributed by atoms with Crippen molar-refractivity contribution in [2.45, 2.75) is 113 Å². The summed E-state index contributed by atoms with van der Waals surface area (Å²) in [5, 5.41) is 11.2. The van der Waals surface area contributed by atoms with Crippen molar-refractivity contribution < 1.29 is 14.7 Å². The Kier molecular flexibility index (Phi) is 5.06. The second kappa shape index (κ2) is 6.95. The molecule has 0 heterocycles. The van der Waals surface area contributed by atoms with Gasteiger partial charge in [-0.15, -0.1) is 0 Å². The van der Waals surface area contributed by atoms with Crippen LogP contribution in [0.4, 0.5) is 0 Å². The van der Waals surface area contributed by atoms with Crippen LogP contribution in [0.1, 0.15) is 113 Å². The maximum absolute atomic E-state index is 13.0. The molecule has 3 nitrogen and oxygen atoms in total. The van der Waals surface area contributed by atoms with Gasteiger partial charge >= 0.3 is 0 Å². The van der Waals surface area contributed by atoms with E-state index in [0.717, 1.165) is 51.4 Å². The summed E-state index contributed by atoms with van der Waals surface area (Å²) in [6.45, 7) is 16.6. The van der Waals surface area contributed by atoms with E-state index in [-0.39, 0.29) is 45.0 Å². The minimum atomic E-state index is -0.282. The van der Waals surface area contributed by atoms with Gasteiger partial charge in [-0.3, -0.25) is 9.59 Å². The van der Waals surface area contributed by atoms with Gasteiger partial charge in [-0.2, -0.15) is 0 Å². The molecule has 0 saturated heterocycles. The summed E-state index contributed by atoms with van der Waals surface area (Å²) in [4.78, 5) is 25.8. The summed E-state index contributed by atoms with van der Waals surface area (Å²) in [6, 6.07) is 0. The monoisotopic (exact) mass is 456 g/mol. The normalized spacial score (nSPS) is 55.8. The number of fused-ring (bicyclic) bond motifs is 7. The summed E-state index contributed by atoms with van der Waals surface area (Å²) in [5.74, 6) is 2.67. The van der Waals surface area contributed by atoms with E-state index in [2.05, 4.69) is 48.5 Å². The van der Waals surface area contributed by atoms with Gasteiger partial charge in [-0.25, -0.2) is 0 Å². The van der Waals surface area contributed by atoms with Crippen LogP contribution in [0.15, 0.2) is 0 Å². The Hall–Kier alpha value is -0.700. The minimum absolute atomic E-state index is 0.0253. The molecule has 0 aliphatic heterocycles. The average Bonchev–Trinajstić information content (AvgIpc) is 2.73. The number of ketones is 2. The summed E-state index contributed by atoms with van der Waals surface area (Å²) in [6.07, 6.45) is 10.2. The van der Waals surface area contributed by atoms with E-state index in [4.69, 9.17) is 0 Å². The highest BCUT2D eigenvalue weighted by atomic mass is 16.3.